The summed E-state index contributed by atoms with van der Waals surface area (Å²) in [5.41, 5.74) is 1.80. The lowest BCUT2D eigenvalue weighted by molar-refractivity contribution is -0.135. The Morgan fingerprint density at radius 1 is 1.03 bits per heavy atom. The Kier molecular flexibility index (Phi) is 8.18. The number of alkyl halides is 1. The van der Waals surface area contributed by atoms with Gasteiger partial charge in [0.05, 0.1) is 12.3 Å². The van der Waals surface area contributed by atoms with Crippen LogP contribution in [-0.4, -0.2) is 69.8 Å². The summed E-state index contributed by atoms with van der Waals surface area (Å²) >= 11 is 6.49. The molecule has 1 aliphatic rings. The zero-order valence-electron chi connectivity index (χ0n) is 21.1. The summed E-state index contributed by atoms with van der Waals surface area (Å²) in [5, 5.41) is -0.806. The van der Waals surface area contributed by atoms with Crippen molar-refractivity contribution in [3.8, 4) is 11.3 Å². The van der Waals surface area contributed by atoms with Crippen molar-refractivity contribution in [3.05, 3.63) is 83.3 Å². The van der Waals surface area contributed by atoms with Crippen LogP contribution in [0.25, 0.3) is 11.3 Å². The molecule has 2 heterocycles. The molecule has 1 saturated heterocycles. The second kappa shape index (κ2) is 11.5. The number of benzene rings is 2. The van der Waals surface area contributed by atoms with E-state index in [2.05, 4.69) is 9.97 Å². The van der Waals surface area contributed by atoms with Crippen LogP contribution < -0.4 is 0 Å². The molecule has 1 aromatic heterocycles. The summed E-state index contributed by atoms with van der Waals surface area (Å²) < 4.78 is 5.29. The van der Waals surface area contributed by atoms with Gasteiger partial charge in [-0.15, -0.1) is 11.6 Å². The van der Waals surface area contributed by atoms with Crippen LogP contribution in [0.5, 0.6) is 0 Å². The quantitative estimate of drug-likeness (QED) is 0.356. The van der Waals surface area contributed by atoms with Crippen LogP contribution >= 0.6 is 11.6 Å². The van der Waals surface area contributed by atoms with E-state index in [9.17, 15) is 14.4 Å². The number of nitrogens with zero attached hydrogens (tertiary/aromatic N) is 4. The zero-order valence-corrected chi connectivity index (χ0v) is 21.8. The molecule has 0 saturated carbocycles. The van der Waals surface area contributed by atoms with Gasteiger partial charge in [-0.05, 0) is 26.3 Å². The largest absolute Gasteiger partial charge is 0.462 e. The highest BCUT2D eigenvalue weighted by Gasteiger charge is 2.36. The van der Waals surface area contributed by atoms with Gasteiger partial charge in [-0.1, -0.05) is 60.7 Å². The van der Waals surface area contributed by atoms with Gasteiger partial charge >= 0.3 is 5.97 Å². The molecule has 8 nitrogen and oxygen atoms in total. The van der Waals surface area contributed by atoms with Gasteiger partial charge in [-0.25, -0.2) is 14.8 Å². The van der Waals surface area contributed by atoms with Crippen LogP contribution in [-0.2, 0) is 9.53 Å². The van der Waals surface area contributed by atoms with Gasteiger partial charge in [0.15, 0.2) is 0 Å². The van der Waals surface area contributed by atoms with Crippen molar-refractivity contribution in [2.24, 2.45) is 0 Å². The topological polar surface area (TPSA) is 92.7 Å². The van der Waals surface area contributed by atoms with Crippen molar-refractivity contribution in [2.75, 3.05) is 26.2 Å². The number of carbonyl (C=O) groups excluding carboxylic acids is 3. The molecule has 9 heteroatoms. The van der Waals surface area contributed by atoms with Gasteiger partial charge in [0.25, 0.3) is 5.91 Å². The fourth-order valence-electron chi connectivity index (χ4n) is 4.46. The summed E-state index contributed by atoms with van der Waals surface area (Å²) in [5.74, 6) is -0.900. The van der Waals surface area contributed by atoms with E-state index in [1.54, 1.807) is 23.6 Å². The van der Waals surface area contributed by atoms with Crippen LogP contribution in [0.3, 0.4) is 0 Å². The lowest BCUT2D eigenvalue weighted by atomic mass is 10.0. The lowest BCUT2D eigenvalue weighted by Crippen LogP contribution is -2.56. The molecule has 0 aliphatic carbocycles. The molecule has 2 aromatic carbocycles. The first kappa shape index (κ1) is 26.3. The predicted octanol–water partition coefficient (Wildman–Crippen LogP) is 4.28. The maximum absolute atomic E-state index is 13.7. The minimum atomic E-state index is -0.806. The van der Waals surface area contributed by atoms with Crippen molar-refractivity contribution >= 4 is 29.4 Å². The third-order valence-corrected chi connectivity index (χ3v) is 6.70. The Morgan fingerprint density at radius 2 is 1.68 bits per heavy atom. The maximum Gasteiger partial charge on any atom is 0.342 e. The van der Waals surface area contributed by atoms with Crippen LogP contribution in [0.4, 0.5) is 0 Å². The van der Waals surface area contributed by atoms with Gasteiger partial charge in [0.1, 0.15) is 22.5 Å². The van der Waals surface area contributed by atoms with Crippen LogP contribution in [0.2, 0.25) is 0 Å². The van der Waals surface area contributed by atoms with E-state index in [1.807, 2.05) is 67.6 Å². The highest BCUT2D eigenvalue weighted by molar-refractivity contribution is 6.30. The Bertz CT molecular complexity index is 1290. The van der Waals surface area contributed by atoms with Gasteiger partial charge in [0, 0.05) is 31.2 Å². The molecule has 1 fully saturated rings. The number of carbonyl (C=O) groups is 3. The highest BCUT2D eigenvalue weighted by atomic mass is 35.5. The predicted molar refractivity (Wildman–Crippen MR) is 140 cm³/mol. The third-order valence-electron chi connectivity index (χ3n) is 6.26. The molecule has 4 rings (SSSR count). The summed E-state index contributed by atoms with van der Waals surface area (Å²) in [6.07, 6.45) is 0. The molecule has 2 unspecified atom stereocenters. The van der Waals surface area contributed by atoms with E-state index in [-0.39, 0.29) is 42.9 Å². The van der Waals surface area contributed by atoms with Crippen LogP contribution in [0.1, 0.15) is 51.5 Å². The fraction of sp³-hybridized carbons (Fsp3) is 0.321. The molecule has 3 aromatic rings. The van der Waals surface area contributed by atoms with Crippen molar-refractivity contribution < 1.29 is 19.1 Å². The Hall–Kier alpha value is -3.78. The van der Waals surface area contributed by atoms with Crippen molar-refractivity contribution in [1.29, 1.82) is 0 Å². The molecule has 37 heavy (non-hydrogen) atoms. The molecule has 1 aliphatic heterocycles. The molecule has 192 valence electrons. The Morgan fingerprint density at radius 3 is 2.30 bits per heavy atom. The van der Waals surface area contributed by atoms with Crippen molar-refractivity contribution in [3.63, 3.8) is 0 Å². The SMILES string of the molecule is CCOC(=O)c1c(C(=O)N2CCN(C(=O)C(Cl)c3ccccc3)C(C)C2)nc(C)nc1-c1ccccc1. The normalized spacial score (nSPS) is 16.3. The first-order valence-corrected chi connectivity index (χ1v) is 12.6. The van der Waals surface area contributed by atoms with Crippen molar-refractivity contribution in [1.82, 2.24) is 19.8 Å². The smallest absolute Gasteiger partial charge is 0.342 e. The van der Waals surface area contributed by atoms with E-state index in [0.29, 0.717) is 23.6 Å². The van der Waals surface area contributed by atoms with E-state index in [1.165, 1.54) is 0 Å². The number of esters is 1. The average Bonchev–Trinajstić information content (AvgIpc) is 2.92. The van der Waals surface area contributed by atoms with Crippen molar-refractivity contribution in [2.45, 2.75) is 32.2 Å². The highest BCUT2D eigenvalue weighted by Crippen LogP contribution is 2.28. The Labute approximate surface area is 221 Å². The lowest BCUT2D eigenvalue weighted by Gasteiger charge is -2.40. The number of rotatable bonds is 6. The summed E-state index contributed by atoms with van der Waals surface area (Å²) in [6, 6.07) is 18.1. The second-order valence-corrected chi connectivity index (χ2v) is 9.27. The van der Waals surface area contributed by atoms with E-state index in [0.717, 1.165) is 5.56 Å². The standard InChI is InChI=1S/C28H29ClN4O4/c1-4-37-28(36)22-24(21-13-9-6-10-14-21)30-19(3)31-25(22)27(35)32-15-16-33(18(2)17-32)26(34)23(29)20-11-7-5-8-12-20/h5-14,18,23H,4,15-17H2,1-3H3. The van der Waals surface area contributed by atoms with Gasteiger partial charge in [-0.2, -0.15) is 0 Å². The molecular formula is C28H29ClN4O4. The molecule has 0 radical (unpaired) electrons. The van der Waals surface area contributed by atoms with Gasteiger partial charge in [-0.3, -0.25) is 9.59 Å². The first-order chi connectivity index (χ1) is 17.8. The molecular weight excluding hydrogens is 492 g/mol. The van der Waals surface area contributed by atoms with Gasteiger partial charge < -0.3 is 14.5 Å². The third kappa shape index (κ3) is 5.64. The first-order valence-electron chi connectivity index (χ1n) is 12.2. The molecule has 2 atom stereocenters. The summed E-state index contributed by atoms with van der Waals surface area (Å²) in [4.78, 5) is 52.1. The number of aryl methyl sites for hydroxylation is 1. The fourth-order valence-corrected chi connectivity index (χ4v) is 4.73. The number of ether oxygens (including phenoxy) is 1. The second-order valence-electron chi connectivity index (χ2n) is 8.83. The minimum absolute atomic E-state index is 0.00344. The molecule has 2 amide bonds. The monoisotopic (exact) mass is 520 g/mol. The summed E-state index contributed by atoms with van der Waals surface area (Å²) in [7, 11) is 0. The van der Waals surface area contributed by atoms with E-state index >= 15 is 0 Å². The number of hydrogen-bond donors (Lipinski definition) is 0. The molecule has 0 bridgehead atoms. The number of piperazine rings is 1. The number of aromatic nitrogens is 2. The summed E-state index contributed by atoms with van der Waals surface area (Å²) in [6.45, 7) is 6.27. The van der Waals surface area contributed by atoms with E-state index < -0.39 is 17.3 Å². The number of hydrogen-bond acceptors (Lipinski definition) is 6. The zero-order chi connectivity index (χ0) is 26.5. The minimum Gasteiger partial charge on any atom is -0.462 e. The maximum atomic E-state index is 13.7. The van der Waals surface area contributed by atoms with Gasteiger partial charge in [0.2, 0.25) is 5.91 Å². The Balaban J connectivity index is 1.61. The van der Waals surface area contributed by atoms with Crippen LogP contribution in [0, 0.1) is 6.92 Å². The number of halogens is 1. The number of amides is 2. The van der Waals surface area contributed by atoms with E-state index in [4.69, 9.17) is 16.3 Å². The average molecular weight is 521 g/mol. The van der Waals surface area contributed by atoms with Crippen LogP contribution in [0.15, 0.2) is 60.7 Å². The molecule has 0 N–H and O–H groups in total. The molecule has 0 spiro atoms.